The second kappa shape index (κ2) is 6.37. The summed E-state index contributed by atoms with van der Waals surface area (Å²) in [5.74, 6) is -0.0228. The number of aromatic nitrogens is 1. The lowest BCUT2D eigenvalue weighted by atomic mass is 9.98. The van der Waals surface area contributed by atoms with Gasteiger partial charge >= 0.3 is 0 Å². The third kappa shape index (κ3) is 3.14. The molecule has 4 nitrogen and oxygen atoms in total. The first-order chi connectivity index (χ1) is 10.3. The second-order valence-electron chi connectivity index (χ2n) is 5.21. The highest BCUT2D eigenvalue weighted by Crippen LogP contribution is 2.20. The van der Waals surface area contributed by atoms with Crippen molar-refractivity contribution in [2.75, 3.05) is 6.54 Å². The Kier molecular flexibility index (Phi) is 4.31. The van der Waals surface area contributed by atoms with Gasteiger partial charge in [0.2, 0.25) is 0 Å². The molecule has 1 aliphatic heterocycles. The third-order valence-corrected chi connectivity index (χ3v) is 4.71. The molecule has 1 aliphatic rings. The molecule has 0 saturated heterocycles. The normalized spacial score (nSPS) is 15.3. The van der Waals surface area contributed by atoms with E-state index >= 15 is 0 Å². The molecule has 2 heterocycles. The molecule has 2 N–H and O–H groups in total. The summed E-state index contributed by atoms with van der Waals surface area (Å²) >= 11 is 1.58. The van der Waals surface area contributed by atoms with E-state index in [1.807, 2.05) is 17.5 Å². The number of nitrogens with one attached hydrogen (secondary N) is 2. The summed E-state index contributed by atoms with van der Waals surface area (Å²) in [6.45, 7) is 3.92. The van der Waals surface area contributed by atoms with Crippen molar-refractivity contribution in [3.8, 4) is 0 Å². The zero-order valence-corrected chi connectivity index (χ0v) is 12.9. The average molecular weight is 301 g/mol. The molecule has 0 radical (unpaired) electrons. The number of benzene rings is 1. The number of rotatable bonds is 4. The minimum atomic E-state index is -0.0228. The Bertz CT molecular complexity index is 624. The van der Waals surface area contributed by atoms with Crippen LogP contribution < -0.4 is 10.6 Å². The van der Waals surface area contributed by atoms with Crippen molar-refractivity contribution in [3.63, 3.8) is 0 Å². The van der Waals surface area contributed by atoms with E-state index in [2.05, 4.69) is 28.6 Å². The van der Waals surface area contributed by atoms with Gasteiger partial charge in [-0.3, -0.25) is 4.79 Å². The summed E-state index contributed by atoms with van der Waals surface area (Å²) in [5.41, 5.74) is 3.31. The Labute approximate surface area is 128 Å². The minimum Gasteiger partial charge on any atom is -0.343 e. The first-order valence-corrected chi connectivity index (χ1v) is 8.18. The Morgan fingerprint density at radius 1 is 1.48 bits per heavy atom. The summed E-state index contributed by atoms with van der Waals surface area (Å²) < 4.78 is 0. The molecular formula is C16H19N3OS. The zero-order valence-electron chi connectivity index (χ0n) is 12.1. The second-order valence-corrected chi connectivity index (χ2v) is 6.14. The lowest BCUT2D eigenvalue weighted by molar-refractivity contribution is 0.0935. The van der Waals surface area contributed by atoms with E-state index in [0.717, 1.165) is 36.5 Å². The first-order valence-electron chi connectivity index (χ1n) is 7.30. The standard InChI is InChI=1S/C16H19N3OS/c1-2-14(16-18-7-8-21-16)19-15(20)12-4-3-11-5-6-17-10-13(11)9-12/h3-4,7-9,14,17H,2,5-6,10H2,1H3,(H,19,20). The Morgan fingerprint density at radius 2 is 2.38 bits per heavy atom. The van der Waals surface area contributed by atoms with Crippen LogP contribution >= 0.6 is 11.3 Å². The number of nitrogens with zero attached hydrogens (tertiary/aromatic N) is 1. The van der Waals surface area contributed by atoms with Crippen molar-refractivity contribution in [2.45, 2.75) is 32.4 Å². The lowest BCUT2D eigenvalue weighted by Crippen LogP contribution is -2.29. The van der Waals surface area contributed by atoms with Gasteiger partial charge in [0.05, 0.1) is 6.04 Å². The predicted molar refractivity (Wildman–Crippen MR) is 84.5 cm³/mol. The molecule has 1 aromatic carbocycles. The summed E-state index contributed by atoms with van der Waals surface area (Å²) in [6.07, 6.45) is 3.65. The van der Waals surface area contributed by atoms with Crippen LogP contribution in [0.1, 0.15) is 45.9 Å². The van der Waals surface area contributed by atoms with Gasteiger partial charge in [0.1, 0.15) is 5.01 Å². The molecule has 110 valence electrons. The van der Waals surface area contributed by atoms with E-state index < -0.39 is 0 Å². The quantitative estimate of drug-likeness (QED) is 0.913. The van der Waals surface area contributed by atoms with Crippen molar-refractivity contribution in [2.24, 2.45) is 0 Å². The monoisotopic (exact) mass is 301 g/mol. The summed E-state index contributed by atoms with van der Waals surface area (Å²) in [5, 5.41) is 9.32. The van der Waals surface area contributed by atoms with Crippen LogP contribution in [0.2, 0.25) is 0 Å². The molecule has 2 aromatic rings. The van der Waals surface area contributed by atoms with Crippen LogP contribution in [0.5, 0.6) is 0 Å². The van der Waals surface area contributed by atoms with Crippen LogP contribution in [0, 0.1) is 0 Å². The molecule has 1 unspecified atom stereocenters. The number of fused-ring (bicyclic) bond motifs is 1. The lowest BCUT2D eigenvalue weighted by Gasteiger charge is -2.19. The van der Waals surface area contributed by atoms with E-state index in [4.69, 9.17) is 0 Å². The van der Waals surface area contributed by atoms with Crippen molar-refractivity contribution in [1.29, 1.82) is 0 Å². The number of carbonyl (C=O) groups is 1. The van der Waals surface area contributed by atoms with Crippen molar-refractivity contribution >= 4 is 17.2 Å². The number of thiazole rings is 1. The first kappa shape index (κ1) is 14.2. The predicted octanol–water partition coefficient (Wildman–Crippen LogP) is 2.67. The van der Waals surface area contributed by atoms with Gasteiger partial charge in [-0.1, -0.05) is 13.0 Å². The van der Waals surface area contributed by atoms with E-state index in [0.29, 0.717) is 0 Å². The average Bonchev–Trinajstić information content (AvgIpc) is 3.06. The molecule has 0 spiro atoms. The van der Waals surface area contributed by atoms with Crippen molar-refractivity contribution in [3.05, 3.63) is 51.5 Å². The number of hydrogen-bond donors (Lipinski definition) is 2. The maximum Gasteiger partial charge on any atom is 0.251 e. The fourth-order valence-electron chi connectivity index (χ4n) is 2.61. The van der Waals surface area contributed by atoms with Crippen LogP contribution in [0.15, 0.2) is 29.8 Å². The molecule has 3 rings (SSSR count). The highest BCUT2D eigenvalue weighted by Gasteiger charge is 2.17. The van der Waals surface area contributed by atoms with Crippen LogP contribution in [0.4, 0.5) is 0 Å². The van der Waals surface area contributed by atoms with Gasteiger partial charge in [-0.25, -0.2) is 4.98 Å². The number of amides is 1. The fourth-order valence-corrected chi connectivity index (χ4v) is 3.38. The van der Waals surface area contributed by atoms with Crippen molar-refractivity contribution in [1.82, 2.24) is 15.6 Å². The van der Waals surface area contributed by atoms with Gasteiger partial charge < -0.3 is 10.6 Å². The van der Waals surface area contributed by atoms with E-state index in [1.165, 1.54) is 11.1 Å². The SMILES string of the molecule is CCC(NC(=O)c1ccc2c(c1)CNCC2)c1nccs1. The minimum absolute atomic E-state index is 0.00772. The molecule has 0 fully saturated rings. The summed E-state index contributed by atoms with van der Waals surface area (Å²) in [7, 11) is 0. The van der Waals surface area contributed by atoms with Crippen LogP contribution in [-0.2, 0) is 13.0 Å². The van der Waals surface area contributed by atoms with Gasteiger partial charge in [0.25, 0.3) is 5.91 Å². The van der Waals surface area contributed by atoms with Crippen molar-refractivity contribution < 1.29 is 4.79 Å². The molecular weight excluding hydrogens is 282 g/mol. The molecule has 21 heavy (non-hydrogen) atoms. The molecule has 0 saturated carbocycles. The maximum atomic E-state index is 12.4. The van der Waals surface area contributed by atoms with Gasteiger partial charge in [-0.15, -0.1) is 11.3 Å². The highest BCUT2D eigenvalue weighted by atomic mass is 32.1. The van der Waals surface area contributed by atoms with E-state index in [9.17, 15) is 4.79 Å². The summed E-state index contributed by atoms with van der Waals surface area (Å²) in [4.78, 5) is 16.7. The molecule has 0 bridgehead atoms. The molecule has 1 atom stereocenters. The fraction of sp³-hybridized carbons (Fsp3) is 0.375. The third-order valence-electron chi connectivity index (χ3n) is 3.82. The van der Waals surface area contributed by atoms with E-state index in [-0.39, 0.29) is 11.9 Å². The van der Waals surface area contributed by atoms with Gasteiger partial charge in [-0.2, -0.15) is 0 Å². The Balaban J connectivity index is 1.75. The summed E-state index contributed by atoms with van der Waals surface area (Å²) in [6, 6.07) is 6.00. The Morgan fingerprint density at radius 3 is 3.14 bits per heavy atom. The number of carbonyl (C=O) groups excluding carboxylic acids is 1. The molecule has 0 aliphatic carbocycles. The molecule has 5 heteroatoms. The topological polar surface area (TPSA) is 54.0 Å². The smallest absolute Gasteiger partial charge is 0.251 e. The van der Waals surface area contributed by atoms with Gasteiger partial charge in [0, 0.05) is 23.7 Å². The largest absolute Gasteiger partial charge is 0.343 e. The molecule has 1 amide bonds. The molecule has 1 aromatic heterocycles. The van der Waals surface area contributed by atoms with Gasteiger partial charge in [0.15, 0.2) is 0 Å². The highest BCUT2D eigenvalue weighted by molar-refractivity contribution is 7.09. The number of hydrogen-bond acceptors (Lipinski definition) is 4. The maximum absolute atomic E-state index is 12.4. The zero-order chi connectivity index (χ0) is 14.7. The van der Waals surface area contributed by atoms with Gasteiger partial charge in [-0.05, 0) is 42.6 Å². The van der Waals surface area contributed by atoms with Crippen LogP contribution in [0.3, 0.4) is 0 Å². The van der Waals surface area contributed by atoms with Crippen LogP contribution in [0.25, 0.3) is 0 Å². The van der Waals surface area contributed by atoms with E-state index in [1.54, 1.807) is 17.5 Å². The van der Waals surface area contributed by atoms with Crippen LogP contribution in [-0.4, -0.2) is 17.4 Å². The Hall–Kier alpha value is -1.72.